The third-order valence-corrected chi connectivity index (χ3v) is 10.1. The lowest BCUT2D eigenvalue weighted by Gasteiger charge is -2.28. The van der Waals surface area contributed by atoms with Gasteiger partial charge in [0.1, 0.15) is 19.8 Å². The number of hydrogen-bond donors (Lipinski definition) is 0. The van der Waals surface area contributed by atoms with Crippen molar-refractivity contribution in [3.05, 3.63) is 24.5 Å². The van der Waals surface area contributed by atoms with Gasteiger partial charge in [-0.15, -0.1) is 0 Å². The van der Waals surface area contributed by atoms with E-state index in [1.54, 1.807) is 6.26 Å². The summed E-state index contributed by atoms with van der Waals surface area (Å²) in [6.07, 6.45) is 40.0. The Morgan fingerprint density at radius 2 is 1.04 bits per heavy atom. The van der Waals surface area contributed by atoms with Gasteiger partial charge in [-0.05, 0) is 51.0 Å². The number of carbonyl (C=O) groups excluding carboxylic acids is 1. The fourth-order valence-electron chi connectivity index (χ4n) is 5.70. The SMILES string of the molecule is CCCCCCCC/C=C\CCCCCC/C=C\OC(COC(=O)CCCCCCCCCCCCCCC)COP(=O)([O-])OCC[N+](C)(C)C. The van der Waals surface area contributed by atoms with Gasteiger partial charge in [0.25, 0.3) is 7.82 Å². The standard InChI is InChI=1S/C42H82NO7P/c1-6-8-10-12-14-16-18-20-21-22-24-26-28-30-32-34-37-47-41(40-50-51(45,46)49-38-36-43(3,4)5)39-48-42(44)35-33-31-29-27-25-23-19-17-15-13-11-9-7-2/h20-21,34,37,41H,6-19,22-33,35-36,38-40H2,1-5H3/b21-20-,37-34-. The largest absolute Gasteiger partial charge is 0.756 e. The van der Waals surface area contributed by atoms with Crippen LogP contribution >= 0.6 is 7.82 Å². The van der Waals surface area contributed by atoms with E-state index < -0.39 is 13.9 Å². The van der Waals surface area contributed by atoms with Crippen LogP contribution in [0, 0.1) is 0 Å². The zero-order chi connectivity index (χ0) is 37.7. The highest BCUT2D eigenvalue weighted by atomic mass is 31.2. The smallest absolute Gasteiger partial charge is 0.305 e. The molecule has 0 saturated carbocycles. The summed E-state index contributed by atoms with van der Waals surface area (Å²) < 4.78 is 34.3. The van der Waals surface area contributed by atoms with Crippen LogP contribution in [0.4, 0.5) is 0 Å². The second kappa shape index (κ2) is 35.8. The Balaban J connectivity index is 4.32. The summed E-state index contributed by atoms with van der Waals surface area (Å²) in [5.41, 5.74) is 0. The Labute approximate surface area is 315 Å². The first-order valence-electron chi connectivity index (χ1n) is 21.1. The highest BCUT2D eigenvalue weighted by Crippen LogP contribution is 2.38. The van der Waals surface area contributed by atoms with Gasteiger partial charge < -0.3 is 27.9 Å². The van der Waals surface area contributed by atoms with E-state index in [0.717, 1.165) is 44.9 Å². The maximum Gasteiger partial charge on any atom is 0.305 e. The van der Waals surface area contributed by atoms with E-state index in [9.17, 15) is 14.3 Å². The minimum atomic E-state index is -4.51. The van der Waals surface area contributed by atoms with Crippen molar-refractivity contribution in [2.24, 2.45) is 0 Å². The fraction of sp³-hybridized carbons (Fsp3) is 0.881. The molecule has 51 heavy (non-hydrogen) atoms. The van der Waals surface area contributed by atoms with E-state index in [-0.39, 0.29) is 25.8 Å². The molecule has 0 aromatic rings. The number of likely N-dealkylation sites (N-methyl/N-ethyl adjacent to an activating group) is 1. The van der Waals surface area contributed by atoms with Crippen LogP contribution in [-0.2, 0) is 27.9 Å². The minimum absolute atomic E-state index is 0.0271. The molecule has 0 saturated heterocycles. The zero-order valence-corrected chi connectivity index (χ0v) is 35.0. The van der Waals surface area contributed by atoms with Gasteiger partial charge in [-0.1, -0.05) is 148 Å². The van der Waals surface area contributed by atoms with Crippen molar-refractivity contribution in [1.29, 1.82) is 0 Å². The van der Waals surface area contributed by atoms with Crippen molar-refractivity contribution in [3.8, 4) is 0 Å². The molecular weight excluding hydrogens is 661 g/mol. The van der Waals surface area contributed by atoms with Gasteiger partial charge >= 0.3 is 5.97 Å². The van der Waals surface area contributed by atoms with Crippen LogP contribution < -0.4 is 4.89 Å². The Hall–Kier alpha value is -1.18. The highest BCUT2D eigenvalue weighted by Gasteiger charge is 2.19. The zero-order valence-electron chi connectivity index (χ0n) is 34.1. The number of allylic oxidation sites excluding steroid dienone is 3. The van der Waals surface area contributed by atoms with E-state index in [1.807, 2.05) is 27.2 Å². The first-order chi connectivity index (χ1) is 24.6. The van der Waals surface area contributed by atoms with Crippen LogP contribution in [0.1, 0.15) is 187 Å². The number of phosphoric ester groups is 1. The Morgan fingerprint density at radius 3 is 1.51 bits per heavy atom. The summed E-state index contributed by atoms with van der Waals surface area (Å²) in [6, 6.07) is 0. The molecule has 0 N–H and O–H groups in total. The lowest BCUT2D eigenvalue weighted by atomic mass is 10.0. The Morgan fingerprint density at radius 1 is 0.608 bits per heavy atom. The van der Waals surface area contributed by atoms with Crippen LogP contribution in [0.5, 0.6) is 0 Å². The van der Waals surface area contributed by atoms with Crippen molar-refractivity contribution in [3.63, 3.8) is 0 Å². The number of phosphoric acid groups is 1. The van der Waals surface area contributed by atoms with Gasteiger partial charge in [-0.3, -0.25) is 9.36 Å². The van der Waals surface area contributed by atoms with E-state index in [1.165, 1.54) is 122 Å². The molecule has 0 rings (SSSR count). The van der Waals surface area contributed by atoms with E-state index in [0.29, 0.717) is 17.4 Å². The van der Waals surface area contributed by atoms with Crippen molar-refractivity contribution in [2.75, 3.05) is 47.5 Å². The molecule has 2 atom stereocenters. The number of unbranched alkanes of at least 4 members (excludes halogenated alkanes) is 23. The van der Waals surface area contributed by atoms with Crippen molar-refractivity contribution >= 4 is 13.8 Å². The van der Waals surface area contributed by atoms with Gasteiger partial charge in [-0.2, -0.15) is 0 Å². The fourth-order valence-corrected chi connectivity index (χ4v) is 6.43. The molecule has 0 fully saturated rings. The lowest BCUT2D eigenvalue weighted by molar-refractivity contribution is -0.870. The average molecular weight is 744 g/mol. The molecule has 8 nitrogen and oxygen atoms in total. The summed E-state index contributed by atoms with van der Waals surface area (Å²) in [5.74, 6) is -0.294. The Bertz CT molecular complexity index is 874. The minimum Gasteiger partial charge on any atom is -0.756 e. The number of hydrogen-bond acceptors (Lipinski definition) is 7. The third kappa shape index (κ3) is 39.9. The molecular formula is C42H82NO7P. The van der Waals surface area contributed by atoms with E-state index >= 15 is 0 Å². The number of ether oxygens (including phenoxy) is 2. The van der Waals surface area contributed by atoms with Gasteiger partial charge in [0, 0.05) is 6.42 Å². The lowest BCUT2D eigenvalue weighted by Crippen LogP contribution is -2.37. The van der Waals surface area contributed by atoms with Crippen molar-refractivity contribution in [2.45, 2.75) is 193 Å². The summed E-state index contributed by atoms with van der Waals surface area (Å²) in [6.45, 7) is 4.70. The normalized spacial score (nSPS) is 14.0. The molecule has 0 aromatic carbocycles. The van der Waals surface area contributed by atoms with Crippen LogP contribution in [0.2, 0.25) is 0 Å². The van der Waals surface area contributed by atoms with Gasteiger partial charge in [0.2, 0.25) is 0 Å². The average Bonchev–Trinajstić information content (AvgIpc) is 3.08. The molecule has 0 heterocycles. The molecule has 9 heteroatoms. The number of carbonyl (C=O) groups is 1. The summed E-state index contributed by atoms with van der Waals surface area (Å²) in [4.78, 5) is 24.8. The topological polar surface area (TPSA) is 94.1 Å². The summed E-state index contributed by atoms with van der Waals surface area (Å²) >= 11 is 0. The Kier molecular flexibility index (Phi) is 35.0. The second-order valence-electron chi connectivity index (χ2n) is 15.4. The van der Waals surface area contributed by atoms with Crippen molar-refractivity contribution in [1.82, 2.24) is 0 Å². The van der Waals surface area contributed by atoms with E-state index in [4.69, 9.17) is 18.5 Å². The van der Waals surface area contributed by atoms with Gasteiger partial charge in [0.15, 0.2) is 6.10 Å². The second-order valence-corrected chi connectivity index (χ2v) is 16.8. The first kappa shape index (κ1) is 49.8. The molecule has 302 valence electrons. The van der Waals surface area contributed by atoms with Crippen LogP contribution in [0.15, 0.2) is 24.5 Å². The molecule has 0 aliphatic carbocycles. The molecule has 0 amide bonds. The molecule has 0 aromatic heterocycles. The predicted molar refractivity (Wildman–Crippen MR) is 213 cm³/mol. The molecule has 0 spiro atoms. The monoisotopic (exact) mass is 744 g/mol. The van der Waals surface area contributed by atoms with Crippen LogP contribution in [0.25, 0.3) is 0 Å². The molecule has 0 bridgehead atoms. The molecule has 2 unspecified atom stereocenters. The number of nitrogens with zero attached hydrogens (tertiary/aromatic N) is 1. The first-order valence-corrected chi connectivity index (χ1v) is 22.6. The number of rotatable bonds is 39. The quantitative estimate of drug-likeness (QED) is 0.0154. The number of esters is 1. The predicted octanol–water partition coefficient (Wildman–Crippen LogP) is 11.8. The third-order valence-electron chi connectivity index (χ3n) is 9.09. The highest BCUT2D eigenvalue weighted by molar-refractivity contribution is 7.45. The van der Waals surface area contributed by atoms with Gasteiger partial charge in [-0.25, -0.2) is 0 Å². The summed E-state index contributed by atoms with van der Waals surface area (Å²) in [5, 5.41) is 0. The van der Waals surface area contributed by atoms with Crippen molar-refractivity contribution < 1.29 is 37.3 Å². The molecule has 0 aliphatic rings. The molecule has 0 radical (unpaired) electrons. The number of quaternary nitrogens is 1. The maximum atomic E-state index is 12.4. The molecule has 0 aliphatic heterocycles. The maximum absolute atomic E-state index is 12.4. The van der Waals surface area contributed by atoms with E-state index in [2.05, 4.69) is 26.0 Å². The van der Waals surface area contributed by atoms with Crippen LogP contribution in [-0.4, -0.2) is 64.1 Å². The van der Waals surface area contributed by atoms with Crippen LogP contribution in [0.3, 0.4) is 0 Å². The van der Waals surface area contributed by atoms with Gasteiger partial charge in [0.05, 0.1) is 34.0 Å². The summed E-state index contributed by atoms with van der Waals surface area (Å²) in [7, 11) is 1.36.